The van der Waals surface area contributed by atoms with E-state index in [4.69, 9.17) is 5.73 Å². The predicted octanol–water partition coefficient (Wildman–Crippen LogP) is 1.68. The molecule has 1 aliphatic heterocycles. The molecule has 0 fully saturated rings. The Hall–Kier alpha value is -3.32. The lowest BCUT2D eigenvalue weighted by Gasteiger charge is -2.18. The zero-order valence-electron chi connectivity index (χ0n) is 17.6. The maximum atomic E-state index is 12.7. The minimum atomic E-state index is -4.45. The van der Waals surface area contributed by atoms with E-state index in [0.29, 0.717) is 16.8 Å². The van der Waals surface area contributed by atoms with Crippen LogP contribution in [0.5, 0.6) is 0 Å². The summed E-state index contributed by atoms with van der Waals surface area (Å²) < 4.78 is 53.2. The monoisotopic (exact) mass is 482 g/mol. The molecule has 2 atom stereocenters. The van der Waals surface area contributed by atoms with Crippen LogP contribution in [0.1, 0.15) is 34.6 Å². The summed E-state index contributed by atoms with van der Waals surface area (Å²) in [7, 11) is 0. The van der Waals surface area contributed by atoms with Crippen molar-refractivity contribution in [2.45, 2.75) is 19.1 Å². The molecule has 4 N–H and O–H groups in total. The molecule has 0 bridgehead atoms. The first-order chi connectivity index (χ1) is 15.4. The number of hydrogen-bond donors (Lipinski definition) is 3. The number of amides is 1. The van der Waals surface area contributed by atoms with Gasteiger partial charge < -0.3 is 20.5 Å². The molecule has 1 aromatic carbocycles. The SMILES string of the molecule is C[C@@H](NC(=O)c1cc(=O)[nH]c(N2CC(N)=C(C=N[S+](C)[O-])C2)n1)c1ccc(C(F)(F)F)cc1. The third-order valence-corrected chi connectivity index (χ3v) is 5.24. The number of carbonyl (C=O) groups excluding carboxylic acids is 1. The lowest BCUT2D eigenvalue weighted by molar-refractivity contribution is -0.137. The van der Waals surface area contributed by atoms with Crippen molar-refractivity contribution in [3.05, 3.63) is 68.8 Å². The van der Waals surface area contributed by atoms with E-state index < -0.39 is 40.6 Å². The fourth-order valence-electron chi connectivity index (χ4n) is 3.11. The highest BCUT2D eigenvalue weighted by molar-refractivity contribution is 7.89. The van der Waals surface area contributed by atoms with E-state index in [1.807, 2.05) is 0 Å². The van der Waals surface area contributed by atoms with Gasteiger partial charge in [0.2, 0.25) is 5.95 Å². The number of nitrogens with two attached hydrogens (primary N) is 1. The van der Waals surface area contributed by atoms with Crippen molar-refractivity contribution in [3.63, 3.8) is 0 Å². The Bertz CT molecular complexity index is 1140. The zero-order chi connectivity index (χ0) is 24.3. The van der Waals surface area contributed by atoms with Crippen molar-refractivity contribution in [2.75, 3.05) is 24.2 Å². The van der Waals surface area contributed by atoms with E-state index in [-0.39, 0.29) is 24.7 Å². The molecule has 1 unspecified atom stereocenters. The molecule has 0 radical (unpaired) electrons. The molecule has 176 valence electrons. The van der Waals surface area contributed by atoms with Crippen LogP contribution in [-0.4, -0.2) is 46.0 Å². The minimum Gasteiger partial charge on any atom is -0.592 e. The maximum absolute atomic E-state index is 12.7. The Morgan fingerprint density at radius 3 is 2.64 bits per heavy atom. The van der Waals surface area contributed by atoms with Crippen molar-refractivity contribution in [2.24, 2.45) is 10.1 Å². The third-order valence-electron chi connectivity index (χ3n) is 4.84. The summed E-state index contributed by atoms with van der Waals surface area (Å²) in [4.78, 5) is 33.1. The summed E-state index contributed by atoms with van der Waals surface area (Å²) in [5.74, 6) is -0.558. The lowest BCUT2D eigenvalue weighted by Crippen LogP contribution is -2.31. The fraction of sp³-hybridized carbons (Fsp3) is 0.300. The average molecular weight is 482 g/mol. The van der Waals surface area contributed by atoms with E-state index in [0.717, 1.165) is 18.2 Å². The van der Waals surface area contributed by atoms with Gasteiger partial charge in [-0.05, 0) is 24.6 Å². The molecular formula is C20H21F3N6O3S. The van der Waals surface area contributed by atoms with Gasteiger partial charge in [0, 0.05) is 23.9 Å². The molecule has 1 amide bonds. The summed E-state index contributed by atoms with van der Waals surface area (Å²) >= 11 is -1.39. The van der Waals surface area contributed by atoms with Crippen LogP contribution in [0.3, 0.4) is 0 Å². The van der Waals surface area contributed by atoms with Crippen molar-refractivity contribution in [1.29, 1.82) is 0 Å². The van der Waals surface area contributed by atoms with Gasteiger partial charge in [-0.2, -0.15) is 13.2 Å². The highest BCUT2D eigenvalue weighted by Crippen LogP contribution is 2.30. The predicted molar refractivity (Wildman–Crippen MR) is 118 cm³/mol. The zero-order valence-corrected chi connectivity index (χ0v) is 18.5. The van der Waals surface area contributed by atoms with E-state index in [2.05, 4.69) is 19.7 Å². The molecule has 0 spiro atoms. The first-order valence-corrected chi connectivity index (χ1v) is 11.1. The Kier molecular flexibility index (Phi) is 7.12. The number of nitrogens with zero attached hydrogens (tertiary/aromatic N) is 3. The Labute approximate surface area is 189 Å². The largest absolute Gasteiger partial charge is 0.592 e. The number of H-pyrrole nitrogens is 1. The molecule has 33 heavy (non-hydrogen) atoms. The summed E-state index contributed by atoms with van der Waals surface area (Å²) in [6.45, 7) is 2.05. The fourth-order valence-corrected chi connectivity index (χ4v) is 3.38. The Morgan fingerprint density at radius 1 is 1.36 bits per heavy atom. The molecule has 0 aliphatic carbocycles. The number of benzene rings is 1. The van der Waals surface area contributed by atoms with Gasteiger partial charge in [-0.3, -0.25) is 14.6 Å². The number of halogens is 3. The second kappa shape index (κ2) is 9.67. The van der Waals surface area contributed by atoms with Gasteiger partial charge >= 0.3 is 6.18 Å². The van der Waals surface area contributed by atoms with Crippen molar-refractivity contribution < 1.29 is 22.5 Å². The first-order valence-electron chi connectivity index (χ1n) is 9.63. The smallest absolute Gasteiger partial charge is 0.416 e. The van der Waals surface area contributed by atoms with E-state index in [9.17, 15) is 27.3 Å². The van der Waals surface area contributed by atoms with E-state index in [1.54, 1.807) is 11.8 Å². The van der Waals surface area contributed by atoms with E-state index >= 15 is 0 Å². The van der Waals surface area contributed by atoms with Gasteiger partial charge in [-0.1, -0.05) is 16.5 Å². The molecule has 1 aromatic heterocycles. The quantitative estimate of drug-likeness (QED) is 0.423. The van der Waals surface area contributed by atoms with Crippen LogP contribution in [-0.2, 0) is 17.5 Å². The number of aromatic amines is 1. The highest BCUT2D eigenvalue weighted by atomic mass is 32.2. The molecule has 13 heteroatoms. The number of hydrogen-bond acceptors (Lipinski definition) is 7. The summed E-state index contributed by atoms with van der Waals surface area (Å²) in [5.41, 5.74) is 5.97. The molecule has 2 heterocycles. The topological polar surface area (TPSA) is 140 Å². The number of nitrogens with one attached hydrogen (secondary N) is 2. The third kappa shape index (κ3) is 6.14. The van der Waals surface area contributed by atoms with Crippen molar-refractivity contribution in [3.8, 4) is 0 Å². The standard InChI is InChI=1S/C20H21F3N6O3S/c1-11(12-3-5-14(6-4-12)20(21,22)23)26-18(31)16-7-17(30)28-19(27-16)29-9-13(15(24)10-29)8-25-33(2)32/h3-8,11H,9-10,24H2,1-2H3,(H,26,31)(H,27,28,30)/t11-,33?/m1/s1. The van der Waals surface area contributed by atoms with Crippen LogP contribution in [0.4, 0.5) is 19.1 Å². The van der Waals surface area contributed by atoms with Gasteiger partial charge in [0.05, 0.1) is 35.7 Å². The van der Waals surface area contributed by atoms with Crippen LogP contribution in [0.25, 0.3) is 0 Å². The maximum Gasteiger partial charge on any atom is 0.416 e. The molecule has 2 aromatic rings. The van der Waals surface area contributed by atoms with Gasteiger partial charge in [0.25, 0.3) is 11.5 Å². The van der Waals surface area contributed by atoms with Crippen molar-refractivity contribution in [1.82, 2.24) is 15.3 Å². The average Bonchev–Trinajstić information content (AvgIpc) is 3.12. The van der Waals surface area contributed by atoms with Gasteiger partial charge in [0.15, 0.2) is 0 Å². The first kappa shape index (κ1) is 24.3. The van der Waals surface area contributed by atoms with E-state index in [1.165, 1.54) is 24.6 Å². The van der Waals surface area contributed by atoms with Gasteiger partial charge in [-0.15, -0.1) is 0 Å². The lowest BCUT2D eigenvalue weighted by atomic mass is 10.1. The van der Waals surface area contributed by atoms with Gasteiger partial charge in [0.1, 0.15) is 11.9 Å². The van der Waals surface area contributed by atoms with Crippen LogP contribution < -0.4 is 21.5 Å². The molecule has 0 saturated heterocycles. The number of rotatable bonds is 6. The second-order valence-electron chi connectivity index (χ2n) is 7.33. The number of aromatic nitrogens is 2. The molecule has 0 saturated carbocycles. The van der Waals surface area contributed by atoms with Gasteiger partial charge in [-0.25, -0.2) is 4.98 Å². The second-order valence-corrected chi connectivity index (χ2v) is 8.39. The normalized spacial score (nSPS) is 16.4. The molecule has 3 rings (SSSR count). The number of anilines is 1. The minimum absolute atomic E-state index is 0.110. The molecule has 1 aliphatic rings. The van der Waals surface area contributed by atoms with Crippen molar-refractivity contribution >= 4 is 29.4 Å². The van der Waals surface area contributed by atoms with Crippen LogP contribution in [0.15, 0.2) is 50.8 Å². The molecular weight excluding hydrogens is 461 g/mol. The summed E-state index contributed by atoms with van der Waals surface area (Å²) in [6, 6.07) is 4.80. The van der Waals surface area contributed by atoms with Crippen LogP contribution >= 0.6 is 0 Å². The molecule has 9 nitrogen and oxygen atoms in total. The summed E-state index contributed by atoms with van der Waals surface area (Å²) in [5, 5.41) is 2.62. The highest BCUT2D eigenvalue weighted by Gasteiger charge is 2.30. The number of alkyl halides is 3. The van der Waals surface area contributed by atoms with Crippen LogP contribution in [0, 0.1) is 0 Å². The summed E-state index contributed by atoms with van der Waals surface area (Å²) in [6.07, 6.45) is -1.65. The Morgan fingerprint density at radius 2 is 2.03 bits per heavy atom. The Balaban J connectivity index is 1.73. The van der Waals surface area contributed by atoms with Crippen LogP contribution in [0.2, 0.25) is 0 Å². The number of carbonyl (C=O) groups is 1.